The number of ether oxygens (including phenoxy) is 4. The number of thiocarbonyl (C=S) groups is 1. The highest BCUT2D eigenvalue weighted by atomic mass is 32.1. The van der Waals surface area contributed by atoms with Crippen LogP contribution in [-0.2, 0) is 6.54 Å². The smallest absolute Gasteiger partial charge is 0.171 e. The van der Waals surface area contributed by atoms with Gasteiger partial charge in [0.25, 0.3) is 0 Å². The summed E-state index contributed by atoms with van der Waals surface area (Å²) in [6.45, 7) is 4.51. The molecule has 0 aromatic heterocycles. The molecule has 0 fully saturated rings. The first-order chi connectivity index (χ1) is 13.0. The van der Waals surface area contributed by atoms with Crippen molar-refractivity contribution in [2.45, 2.75) is 26.5 Å². The molecule has 2 N–H and O–H groups in total. The maximum Gasteiger partial charge on any atom is 0.171 e. The minimum atomic E-state index is 0.0844. The largest absolute Gasteiger partial charge is 0.493 e. The van der Waals surface area contributed by atoms with E-state index >= 15 is 0 Å². The molecule has 0 atom stereocenters. The number of benzene rings is 2. The number of methoxy groups -OCH3 is 3. The van der Waals surface area contributed by atoms with Gasteiger partial charge in [0, 0.05) is 18.3 Å². The Kier molecular flexibility index (Phi) is 7.55. The fraction of sp³-hybridized carbons (Fsp3) is 0.350. The van der Waals surface area contributed by atoms with E-state index in [1.54, 1.807) is 21.3 Å². The van der Waals surface area contributed by atoms with E-state index in [4.69, 9.17) is 31.2 Å². The Hall–Kier alpha value is -2.67. The van der Waals surface area contributed by atoms with Gasteiger partial charge < -0.3 is 29.6 Å². The number of nitrogens with one attached hydrogen (secondary N) is 2. The third-order valence-electron chi connectivity index (χ3n) is 3.69. The van der Waals surface area contributed by atoms with E-state index in [9.17, 15) is 0 Å². The van der Waals surface area contributed by atoms with Gasteiger partial charge in [-0.25, -0.2) is 0 Å². The molecular formula is C20H26N2O4S. The lowest BCUT2D eigenvalue weighted by atomic mass is 10.2. The van der Waals surface area contributed by atoms with Crippen LogP contribution in [0.2, 0.25) is 0 Å². The average molecular weight is 391 g/mol. The number of hydrogen-bond donors (Lipinski definition) is 2. The number of hydrogen-bond acceptors (Lipinski definition) is 5. The molecule has 0 aliphatic heterocycles. The summed E-state index contributed by atoms with van der Waals surface area (Å²) >= 11 is 5.37. The third kappa shape index (κ3) is 5.92. The summed E-state index contributed by atoms with van der Waals surface area (Å²) in [5.41, 5.74) is 1.84. The molecule has 2 rings (SSSR count). The van der Waals surface area contributed by atoms with Crippen LogP contribution in [0.3, 0.4) is 0 Å². The molecule has 0 saturated heterocycles. The molecule has 0 aliphatic carbocycles. The molecule has 0 spiro atoms. The standard InChI is InChI=1S/C20H26N2O4S/c1-13(2)26-17-8-6-14(10-18(17)24-4)12-21-20(27)22-15-7-9-16(23-3)19(11-15)25-5/h6-11,13H,12H2,1-5H3,(H2,21,22,27). The molecule has 146 valence electrons. The lowest BCUT2D eigenvalue weighted by Gasteiger charge is -2.16. The average Bonchev–Trinajstić information content (AvgIpc) is 2.66. The Morgan fingerprint density at radius 1 is 0.889 bits per heavy atom. The van der Waals surface area contributed by atoms with Gasteiger partial charge in [-0.3, -0.25) is 0 Å². The van der Waals surface area contributed by atoms with E-state index in [1.165, 1.54) is 0 Å². The minimum absolute atomic E-state index is 0.0844. The highest BCUT2D eigenvalue weighted by Gasteiger charge is 2.09. The molecule has 27 heavy (non-hydrogen) atoms. The van der Waals surface area contributed by atoms with Gasteiger partial charge in [0.1, 0.15) is 0 Å². The van der Waals surface area contributed by atoms with Crippen molar-refractivity contribution in [3.05, 3.63) is 42.0 Å². The molecule has 6 nitrogen and oxygen atoms in total. The lowest BCUT2D eigenvalue weighted by Crippen LogP contribution is -2.27. The van der Waals surface area contributed by atoms with Crippen molar-refractivity contribution in [2.24, 2.45) is 0 Å². The highest BCUT2D eigenvalue weighted by molar-refractivity contribution is 7.80. The van der Waals surface area contributed by atoms with Gasteiger partial charge in [-0.05, 0) is 55.9 Å². The predicted octanol–water partition coefficient (Wildman–Crippen LogP) is 3.99. The summed E-state index contributed by atoms with van der Waals surface area (Å²) in [5.74, 6) is 2.72. The van der Waals surface area contributed by atoms with Crippen LogP contribution in [0.1, 0.15) is 19.4 Å². The first-order valence-electron chi connectivity index (χ1n) is 8.57. The van der Waals surface area contributed by atoms with Crippen LogP contribution in [0.15, 0.2) is 36.4 Å². The van der Waals surface area contributed by atoms with E-state index < -0.39 is 0 Å². The van der Waals surface area contributed by atoms with Gasteiger partial charge in [-0.2, -0.15) is 0 Å². The van der Waals surface area contributed by atoms with Crippen LogP contribution in [0.5, 0.6) is 23.0 Å². The zero-order valence-corrected chi connectivity index (χ0v) is 17.1. The second-order valence-electron chi connectivity index (χ2n) is 6.03. The van der Waals surface area contributed by atoms with Crippen LogP contribution in [0.4, 0.5) is 5.69 Å². The molecule has 7 heteroatoms. The van der Waals surface area contributed by atoms with Crippen molar-refractivity contribution >= 4 is 23.0 Å². The second-order valence-corrected chi connectivity index (χ2v) is 6.44. The van der Waals surface area contributed by atoms with Gasteiger partial charge in [-0.1, -0.05) is 6.07 Å². The summed E-state index contributed by atoms with van der Waals surface area (Å²) in [5, 5.41) is 6.81. The first kappa shape index (κ1) is 20.6. The molecule has 0 unspecified atom stereocenters. The Morgan fingerprint density at radius 3 is 2.15 bits per heavy atom. The Bertz CT molecular complexity index is 781. The van der Waals surface area contributed by atoms with Crippen LogP contribution in [0.25, 0.3) is 0 Å². The summed E-state index contributed by atoms with van der Waals surface area (Å²) in [6, 6.07) is 11.3. The van der Waals surface area contributed by atoms with E-state index in [2.05, 4.69) is 10.6 Å². The molecule has 0 bridgehead atoms. The van der Waals surface area contributed by atoms with Gasteiger partial charge in [0.15, 0.2) is 28.1 Å². The molecule has 0 radical (unpaired) electrons. The molecule has 2 aromatic carbocycles. The number of rotatable bonds is 8. The Balaban J connectivity index is 1.97. The summed E-state index contributed by atoms with van der Waals surface area (Å²) < 4.78 is 21.7. The van der Waals surface area contributed by atoms with E-state index in [1.807, 2.05) is 50.2 Å². The van der Waals surface area contributed by atoms with Crippen LogP contribution in [-0.4, -0.2) is 32.5 Å². The SMILES string of the molecule is COc1ccc(NC(=S)NCc2ccc(OC(C)C)c(OC)c2)cc1OC. The zero-order valence-electron chi connectivity index (χ0n) is 16.3. The predicted molar refractivity (Wildman–Crippen MR) is 111 cm³/mol. The van der Waals surface area contributed by atoms with Crippen molar-refractivity contribution in [1.29, 1.82) is 0 Å². The van der Waals surface area contributed by atoms with E-state index in [0.717, 1.165) is 17.0 Å². The summed E-state index contributed by atoms with van der Waals surface area (Å²) in [4.78, 5) is 0. The summed E-state index contributed by atoms with van der Waals surface area (Å²) in [7, 11) is 4.82. The maximum atomic E-state index is 5.73. The Labute approximate surface area is 165 Å². The molecule has 0 saturated carbocycles. The van der Waals surface area contributed by atoms with Crippen molar-refractivity contribution in [3.63, 3.8) is 0 Å². The lowest BCUT2D eigenvalue weighted by molar-refractivity contribution is 0.230. The Morgan fingerprint density at radius 2 is 1.52 bits per heavy atom. The minimum Gasteiger partial charge on any atom is -0.493 e. The van der Waals surface area contributed by atoms with Gasteiger partial charge >= 0.3 is 0 Å². The zero-order chi connectivity index (χ0) is 19.8. The monoisotopic (exact) mass is 390 g/mol. The van der Waals surface area contributed by atoms with Crippen molar-refractivity contribution < 1.29 is 18.9 Å². The second kappa shape index (κ2) is 9.87. The van der Waals surface area contributed by atoms with E-state index in [0.29, 0.717) is 28.9 Å². The fourth-order valence-corrected chi connectivity index (χ4v) is 2.63. The van der Waals surface area contributed by atoms with Crippen LogP contribution < -0.4 is 29.6 Å². The molecule has 2 aromatic rings. The van der Waals surface area contributed by atoms with Crippen molar-refractivity contribution in [1.82, 2.24) is 5.32 Å². The normalized spacial score (nSPS) is 10.3. The third-order valence-corrected chi connectivity index (χ3v) is 3.93. The number of anilines is 1. The molecule has 0 heterocycles. The van der Waals surface area contributed by atoms with Gasteiger partial charge in [0.05, 0.1) is 27.4 Å². The molecule has 0 aliphatic rings. The van der Waals surface area contributed by atoms with Crippen molar-refractivity contribution in [2.75, 3.05) is 26.6 Å². The van der Waals surface area contributed by atoms with Crippen molar-refractivity contribution in [3.8, 4) is 23.0 Å². The maximum absolute atomic E-state index is 5.73. The summed E-state index contributed by atoms with van der Waals surface area (Å²) in [6.07, 6.45) is 0.0844. The fourth-order valence-electron chi connectivity index (χ4n) is 2.44. The molecular weight excluding hydrogens is 364 g/mol. The van der Waals surface area contributed by atoms with E-state index in [-0.39, 0.29) is 6.10 Å². The first-order valence-corrected chi connectivity index (χ1v) is 8.98. The van der Waals surface area contributed by atoms with Gasteiger partial charge in [0.2, 0.25) is 0 Å². The highest BCUT2D eigenvalue weighted by Crippen LogP contribution is 2.30. The van der Waals surface area contributed by atoms with Gasteiger partial charge in [-0.15, -0.1) is 0 Å². The topological polar surface area (TPSA) is 61.0 Å². The quantitative estimate of drug-likeness (QED) is 0.661. The van der Waals surface area contributed by atoms with Crippen LogP contribution >= 0.6 is 12.2 Å². The van der Waals surface area contributed by atoms with Crippen LogP contribution in [0, 0.1) is 0 Å². The molecule has 0 amide bonds.